The third-order valence-electron chi connectivity index (χ3n) is 11.2. The van der Waals surface area contributed by atoms with Crippen LogP contribution < -0.4 is 5.73 Å². The molecule has 0 radical (unpaired) electrons. The molecule has 0 heterocycles. The maximum Gasteiger partial charge on any atom is 0.472 e. The van der Waals surface area contributed by atoms with Crippen molar-refractivity contribution in [3.8, 4) is 0 Å². The van der Waals surface area contributed by atoms with E-state index in [0.29, 0.717) is 12.8 Å². The SMILES string of the molecule is CCCCC/C=C\C/C=C\CCCCCCCCCCCC(=O)OC(COC(=O)CCCCCCCCCCCCCCCCCCCCC)COP(=O)(O)OCC(N)C(=O)O. The Balaban J connectivity index is 4.23. The molecule has 11 nitrogen and oxygen atoms in total. The summed E-state index contributed by atoms with van der Waals surface area (Å²) in [5, 5.41) is 8.92. The molecule has 0 saturated heterocycles. The molecule has 0 spiro atoms. The van der Waals surface area contributed by atoms with Crippen LogP contribution in [0.1, 0.15) is 245 Å². The van der Waals surface area contributed by atoms with Gasteiger partial charge in [0.15, 0.2) is 6.10 Å². The first-order valence-electron chi connectivity index (χ1n) is 25.4. The minimum Gasteiger partial charge on any atom is -0.480 e. The highest BCUT2D eigenvalue weighted by atomic mass is 31.2. The van der Waals surface area contributed by atoms with Crippen molar-refractivity contribution in [1.29, 1.82) is 0 Å². The van der Waals surface area contributed by atoms with E-state index >= 15 is 0 Å². The maximum atomic E-state index is 12.7. The van der Waals surface area contributed by atoms with Crippen molar-refractivity contribution in [2.45, 2.75) is 257 Å². The summed E-state index contributed by atoms with van der Waals surface area (Å²) in [6, 6.07) is -1.52. The van der Waals surface area contributed by atoms with Crippen molar-refractivity contribution in [2.75, 3.05) is 19.8 Å². The molecule has 62 heavy (non-hydrogen) atoms. The smallest absolute Gasteiger partial charge is 0.472 e. The highest BCUT2D eigenvalue weighted by Gasteiger charge is 2.28. The summed E-state index contributed by atoms with van der Waals surface area (Å²) in [6.07, 6.45) is 49.5. The number of hydrogen-bond donors (Lipinski definition) is 3. The second-order valence-electron chi connectivity index (χ2n) is 17.3. The van der Waals surface area contributed by atoms with Gasteiger partial charge in [-0.25, -0.2) is 4.57 Å². The zero-order chi connectivity index (χ0) is 45.6. The molecule has 0 amide bonds. The molecule has 0 aromatic carbocycles. The van der Waals surface area contributed by atoms with Crippen molar-refractivity contribution in [2.24, 2.45) is 5.73 Å². The minimum atomic E-state index is -4.72. The fourth-order valence-electron chi connectivity index (χ4n) is 7.22. The number of esters is 2. The standard InChI is InChI=1S/C50H94NO10P/c1-3-5-7-9-11-13-15-17-19-21-23-25-27-29-31-33-35-37-39-41-48(52)58-43-46(44-59-62(56,57)60-45-47(51)50(54)55)61-49(53)42-40-38-36-34-32-30-28-26-24-22-20-18-16-14-12-10-8-6-4-2/h12,14,18,20,46-47H,3-11,13,15-17,19,21-45,51H2,1-2H3,(H,54,55)(H,56,57)/b14-12-,20-18-. The van der Waals surface area contributed by atoms with Gasteiger partial charge >= 0.3 is 25.7 Å². The van der Waals surface area contributed by atoms with E-state index in [1.54, 1.807) is 0 Å². The van der Waals surface area contributed by atoms with Gasteiger partial charge in [0, 0.05) is 12.8 Å². The lowest BCUT2D eigenvalue weighted by molar-refractivity contribution is -0.161. The average Bonchev–Trinajstić information content (AvgIpc) is 3.25. The second-order valence-corrected chi connectivity index (χ2v) is 18.8. The van der Waals surface area contributed by atoms with Crippen LogP contribution in [-0.2, 0) is 37.5 Å². The van der Waals surface area contributed by atoms with E-state index in [9.17, 15) is 23.8 Å². The van der Waals surface area contributed by atoms with Gasteiger partial charge in [-0.2, -0.15) is 0 Å². The largest absolute Gasteiger partial charge is 0.480 e. The molecule has 3 atom stereocenters. The van der Waals surface area contributed by atoms with Crippen molar-refractivity contribution in [1.82, 2.24) is 0 Å². The number of unbranched alkanes of at least 4 members (excludes halogenated alkanes) is 30. The molecule has 3 unspecified atom stereocenters. The number of carboxylic acid groups (broad SMARTS) is 1. The van der Waals surface area contributed by atoms with Crippen molar-refractivity contribution >= 4 is 25.7 Å². The van der Waals surface area contributed by atoms with E-state index in [1.165, 1.54) is 154 Å². The van der Waals surface area contributed by atoms with Crippen molar-refractivity contribution < 1.29 is 47.5 Å². The quantitative estimate of drug-likeness (QED) is 0.0230. The van der Waals surface area contributed by atoms with Crippen LogP contribution in [0.3, 0.4) is 0 Å². The van der Waals surface area contributed by atoms with Gasteiger partial charge < -0.3 is 25.2 Å². The summed E-state index contributed by atoms with van der Waals surface area (Å²) in [4.78, 5) is 46.2. The van der Waals surface area contributed by atoms with E-state index in [2.05, 4.69) is 42.7 Å². The average molecular weight is 900 g/mol. The summed E-state index contributed by atoms with van der Waals surface area (Å²) in [6.45, 7) is 2.82. The third kappa shape index (κ3) is 44.6. The van der Waals surface area contributed by atoms with Gasteiger partial charge in [0.25, 0.3) is 0 Å². The molecule has 0 fully saturated rings. The predicted molar refractivity (Wildman–Crippen MR) is 254 cm³/mol. The molecule has 0 aliphatic rings. The van der Waals surface area contributed by atoms with Gasteiger partial charge in [-0.05, 0) is 44.9 Å². The number of allylic oxidation sites excluding steroid dienone is 4. The molecular formula is C50H94NO10P. The topological polar surface area (TPSA) is 172 Å². The molecule has 4 N–H and O–H groups in total. The van der Waals surface area contributed by atoms with Crippen LogP contribution in [0.4, 0.5) is 0 Å². The summed E-state index contributed by atoms with van der Waals surface area (Å²) in [5.41, 5.74) is 5.35. The number of hydrogen-bond acceptors (Lipinski definition) is 9. The Bertz CT molecular complexity index is 1150. The zero-order valence-electron chi connectivity index (χ0n) is 39.7. The number of carbonyl (C=O) groups excluding carboxylic acids is 2. The number of aliphatic carboxylic acids is 1. The molecule has 0 aliphatic carbocycles. The van der Waals surface area contributed by atoms with E-state index in [-0.39, 0.29) is 19.4 Å². The van der Waals surface area contributed by atoms with E-state index < -0.39 is 51.1 Å². The molecule has 0 aliphatic heterocycles. The Labute approximate surface area is 379 Å². The van der Waals surface area contributed by atoms with Crippen LogP contribution in [0.2, 0.25) is 0 Å². The summed E-state index contributed by atoms with van der Waals surface area (Å²) >= 11 is 0. The van der Waals surface area contributed by atoms with E-state index in [4.69, 9.17) is 24.8 Å². The lowest BCUT2D eigenvalue weighted by Gasteiger charge is -2.20. The fourth-order valence-corrected chi connectivity index (χ4v) is 7.99. The highest BCUT2D eigenvalue weighted by molar-refractivity contribution is 7.47. The van der Waals surface area contributed by atoms with Crippen LogP contribution in [0.25, 0.3) is 0 Å². The second kappa shape index (κ2) is 45.5. The predicted octanol–water partition coefficient (Wildman–Crippen LogP) is 14.2. The van der Waals surface area contributed by atoms with E-state index in [0.717, 1.165) is 51.4 Å². The van der Waals surface area contributed by atoms with Crippen LogP contribution in [0, 0.1) is 0 Å². The van der Waals surface area contributed by atoms with Gasteiger partial charge in [-0.1, -0.05) is 212 Å². The molecule has 0 aromatic rings. The molecule has 0 aromatic heterocycles. The molecule has 0 bridgehead atoms. The Kier molecular flexibility index (Phi) is 44.0. The number of ether oxygens (including phenoxy) is 2. The first-order chi connectivity index (χ1) is 30.1. The van der Waals surface area contributed by atoms with Crippen LogP contribution >= 0.6 is 7.82 Å². The number of phosphoric ester groups is 1. The van der Waals surface area contributed by atoms with Gasteiger partial charge in [0.05, 0.1) is 13.2 Å². The Hall–Kier alpha value is -2.04. The number of rotatable bonds is 48. The lowest BCUT2D eigenvalue weighted by atomic mass is 10.0. The first-order valence-corrected chi connectivity index (χ1v) is 26.9. The molecular weight excluding hydrogens is 806 g/mol. The van der Waals surface area contributed by atoms with Gasteiger partial charge in [0.1, 0.15) is 12.6 Å². The first kappa shape index (κ1) is 60.0. The lowest BCUT2D eigenvalue weighted by Crippen LogP contribution is -2.34. The fraction of sp³-hybridized carbons (Fsp3) is 0.860. The zero-order valence-corrected chi connectivity index (χ0v) is 40.6. The number of phosphoric acid groups is 1. The maximum absolute atomic E-state index is 12.7. The Morgan fingerprint density at radius 2 is 0.855 bits per heavy atom. The molecule has 364 valence electrons. The Morgan fingerprint density at radius 3 is 1.29 bits per heavy atom. The molecule has 12 heteroatoms. The van der Waals surface area contributed by atoms with E-state index in [1.807, 2.05) is 0 Å². The minimum absolute atomic E-state index is 0.159. The van der Waals surface area contributed by atoms with Gasteiger partial charge in [0.2, 0.25) is 0 Å². The monoisotopic (exact) mass is 900 g/mol. The number of carboxylic acids is 1. The highest BCUT2D eigenvalue weighted by Crippen LogP contribution is 2.43. The Morgan fingerprint density at radius 1 is 0.500 bits per heavy atom. The molecule has 0 rings (SSSR count). The van der Waals surface area contributed by atoms with Gasteiger partial charge in [-0.15, -0.1) is 0 Å². The van der Waals surface area contributed by atoms with Crippen LogP contribution in [0.5, 0.6) is 0 Å². The normalized spacial score (nSPS) is 13.7. The number of nitrogens with two attached hydrogens (primary N) is 1. The molecule has 0 saturated carbocycles. The number of carbonyl (C=O) groups is 3. The summed E-state index contributed by atoms with van der Waals surface area (Å²) < 4.78 is 32.8. The van der Waals surface area contributed by atoms with Crippen LogP contribution in [0.15, 0.2) is 24.3 Å². The summed E-state index contributed by atoms with van der Waals surface area (Å²) in [5.74, 6) is -2.37. The van der Waals surface area contributed by atoms with Crippen molar-refractivity contribution in [3.63, 3.8) is 0 Å². The van der Waals surface area contributed by atoms with Gasteiger partial charge in [-0.3, -0.25) is 23.4 Å². The third-order valence-corrected chi connectivity index (χ3v) is 12.2. The summed E-state index contributed by atoms with van der Waals surface area (Å²) in [7, 11) is -4.72. The van der Waals surface area contributed by atoms with Crippen molar-refractivity contribution in [3.05, 3.63) is 24.3 Å². The van der Waals surface area contributed by atoms with Crippen LogP contribution in [-0.4, -0.2) is 59.9 Å².